The molecule has 168 valence electrons. The van der Waals surface area contributed by atoms with E-state index in [9.17, 15) is 4.79 Å². The van der Waals surface area contributed by atoms with E-state index < -0.39 is 0 Å². The molecule has 1 saturated heterocycles. The van der Waals surface area contributed by atoms with Crippen LogP contribution in [0.1, 0.15) is 46.1 Å². The molecule has 1 fully saturated rings. The predicted octanol–water partition coefficient (Wildman–Crippen LogP) is 2.84. The number of benzene rings is 1. The lowest BCUT2D eigenvalue weighted by molar-refractivity contribution is -0.114. The molecular weight excluding hydrogens is 378 g/mol. The summed E-state index contributed by atoms with van der Waals surface area (Å²) >= 11 is 0. The maximum atomic E-state index is 11.3. The van der Waals surface area contributed by atoms with Crippen molar-refractivity contribution < 1.29 is 9.53 Å². The number of carbonyl (C=O) groups is 1. The minimum atomic E-state index is -0.0683. The Hall–Kier alpha value is -2.12. The molecule has 0 bridgehead atoms. The molecule has 1 amide bonds. The number of hydrogen-bond donors (Lipinski definition) is 3. The Bertz CT molecular complexity index is 669. The van der Waals surface area contributed by atoms with Gasteiger partial charge in [-0.1, -0.05) is 38.8 Å². The number of nitrogens with zero attached hydrogens (tertiary/aromatic N) is 2. The molecule has 0 saturated carbocycles. The Labute approximate surface area is 181 Å². The highest BCUT2D eigenvalue weighted by atomic mass is 16.5. The Morgan fingerprint density at radius 1 is 1.17 bits per heavy atom. The number of ether oxygens (including phenoxy) is 1. The first-order chi connectivity index (χ1) is 14.6. The van der Waals surface area contributed by atoms with Crippen LogP contribution in [0.2, 0.25) is 0 Å². The molecule has 1 aromatic carbocycles. The molecule has 30 heavy (non-hydrogen) atoms. The topological polar surface area (TPSA) is 78.0 Å². The summed E-state index contributed by atoms with van der Waals surface area (Å²) in [6.45, 7) is 14.0. The van der Waals surface area contributed by atoms with E-state index in [4.69, 9.17) is 9.73 Å². The van der Waals surface area contributed by atoms with Crippen molar-refractivity contribution in [1.29, 1.82) is 0 Å². The van der Waals surface area contributed by atoms with Crippen LogP contribution in [-0.2, 0) is 16.1 Å². The van der Waals surface area contributed by atoms with Crippen LogP contribution in [0, 0.1) is 5.92 Å². The third-order valence-corrected chi connectivity index (χ3v) is 5.60. The lowest BCUT2D eigenvalue weighted by atomic mass is 9.92. The summed E-state index contributed by atoms with van der Waals surface area (Å²) in [5.74, 6) is 1.40. The second kappa shape index (κ2) is 13.2. The van der Waals surface area contributed by atoms with Crippen molar-refractivity contribution in [3.05, 3.63) is 29.8 Å². The first kappa shape index (κ1) is 24.2. The molecule has 1 atom stereocenters. The Morgan fingerprint density at radius 2 is 1.90 bits per heavy atom. The fourth-order valence-corrected chi connectivity index (χ4v) is 4.00. The zero-order valence-electron chi connectivity index (χ0n) is 19.0. The van der Waals surface area contributed by atoms with E-state index >= 15 is 0 Å². The average molecular weight is 418 g/mol. The largest absolute Gasteiger partial charge is 0.379 e. The van der Waals surface area contributed by atoms with Crippen molar-refractivity contribution in [2.45, 2.75) is 53.1 Å². The number of morpholine rings is 1. The zero-order valence-corrected chi connectivity index (χ0v) is 19.0. The van der Waals surface area contributed by atoms with Gasteiger partial charge in [0.1, 0.15) is 0 Å². The summed E-state index contributed by atoms with van der Waals surface area (Å²) in [5, 5.41) is 9.76. The highest BCUT2D eigenvalue weighted by molar-refractivity contribution is 5.88. The second-order valence-electron chi connectivity index (χ2n) is 7.75. The van der Waals surface area contributed by atoms with Crippen LogP contribution in [0.3, 0.4) is 0 Å². The van der Waals surface area contributed by atoms with Gasteiger partial charge >= 0.3 is 0 Å². The molecule has 2 rings (SSSR count). The highest BCUT2D eigenvalue weighted by Crippen LogP contribution is 2.19. The molecule has 1 unspecified atom stereocenters. The number of rotatable bonds is 10. The van der Waals surface area contributed by atoms with Crippen molar-refractivity contribution in [2.24, 2.45) is 10.9 Å². The molecule has 1 heterocycles. The Balaban J connectivity index is 2.04. The van der Waals surface area contributed by atoms with E-state index in [0.29, 0.717) is 18.5 Å². The van der Waals surface area contributed by atoms with Crippen molar-refractivity contribution in [3.63, 3.8) is 0 Å². The van der Waals surface area contributed by atoms with Gasteiger partial charge in [-0.15, -0.1) is 0 Å². The van der Waals surface area contributed by atoms with E-state index in [2.05, 4.69) is 41.6 Å². The zero-order chi connectivity index (χ0) is 21.8. The van der Waals surface area contributed by atoms with Crippen LogP contribution >= 0.6 is 0 Å². The van der Waals surface area contributed by atoms with E-state index in [1.54, 1.807) is 0 Å². The van der Waals surface area contributed by atoms with Gasteiger partial charge in [0.2, 0.25) is 5.91 Å². The number of anilines is 1. The molecule has 3 N–H and O–H groups in total. The minimum absolute atomic E-state index is 0.0683. The minimum Gasteiger partial charge on any atom is -0.379 e. The predicted molar refractivity (Wildman–Crippen MR) is 124 cm³/mol. The number of carbonyl (C=O) groups excluding carboxylic acids is 1. The molecule has 1 aromatic rings. The average Bonchev–Trinajstić information content (AvgIpc) is 2.75. The molecule has 1 aliphatic rings. The maximum absolute atomic E-state index is 11.3. The van der Waals surface area contributed by atoms with Crippen molar-refractivity contribution in [2.75, 3.05) is 44.7 Å². The second-order valence-corrected chi connectivity index (χ2v) is 7.75. The Morgan fingerprint density at radius 3 is 2.53 bits per heavy atom. The third kappa shape index (κ3) is 7.95. The molecule has 7 nitrogen and oxygen atoms in total. The van der Waals surface area contributed by atoms with E-state index in [1.807, 2.05) is 24.3 Å². The standard InChI is InChI=1S/C23H39N5O2/c1-5-20(6-2)22(28-11-13-30-14-12-28)17-26-23(24-7-3)25-16-19-9-8-10-21(15-19)27-18(4)29/h8-10,15,20,22H,5-7,11-14,16-17H2,1-4H3,(H,27,29)(H2,24,25,26). The van der Waals surface area contributed by atoms with E-state index in [1.165, 1.54) is 19.8 Å². The van der Waals surface area contributed by atoms with Crippen LogP contribution in [0.5, 0.6) is 0 Å². The molecule has 7 heteroatoms. The summed E-state index contributed by atoms with van der Waals surface area (Å²) in [6, 6.07) is 8.29. The van der Waals surface area contributed by atoms with Gasteiger partial charge in [0, 0.05) is 44.8 Å². The molecule has 0 aliphatic carbocycles. The van der Waals surface area contributed by atoms with Gasteiger partial charge in [0.25, 0.3) is 0 Å². The molecular formula is C23H39N5O2. The number of amides is 1. The van der Waals surface area contributed by atoms with Crippen LogP contribution in [0.15, 0.2) is 29.3 Å². The monoisotopic (exact) mass is 417 g/mol. The normalized spacial score (nSPS) is 16.4. The van der Waals surface area contributed by atoms with Gasteiger partial charge in [-0.3, -0.25) is 9.69 Å². The summed E-state index contributed by atoms with van der Waals surface area (Å²) in [7, 11) is 0. The van der Waals surface area contributed by atoms with E-state index in [0.717, 1.165) is 56.6 Å². The lowest BCUT2D eigenvalue weighted by Gasteiger charge is -2.39. The summed E-state index contributed by atoms with van der Waals surface area (Å²) in [6.07, 6.45) is 2.34. The quantitative estimate of drug-likeness (QED) is 0.403. The number of nitrogens with one attached hydrogen (secondary N) is 3. The smallest absolute Gasteiger partial charge is 0.221 e. The van der Waals surface area contributed by atoms with Crippen molar-refractivity contribution >= 4 is 17.6 Å². The number of aliphatic imine (C=N–C) groups is 1. The van der Waals surface area contributed by atoms with Gasteiger partial charge < -0.3 is 20.7 Å². The third-order valence-electron chi connectivity index (χ3n) is 5.60. The van der Waals surface area contributed by atoms with Gasteiger partial charge in [-0.2, -0.15) is 0 Å². The van der Waals surface area contributed by atoms with Crippen LogP contribution in [0.25, 0.3) is 0 Å². The van der Waals surface area contributed by atoms with Crippen molar-refractivity contribution in [1.82, 2.24) is 15.5 Å². The van der Waals surface area contributed by atoms with Crippen molar-refractivity contribution in [3.8, 4) is 0 Å². The Kier molecular flexibility index (Phi) is 10.7. The van der Waals surface area contributed by atoms with Gasteiger partial charge in [-0.25, -0.2) is 4.99 Å². The van der Waals surface area contributed by atoms with Crippen LogP contribution < -0.4 is 16.0 Å². The van der Waals surface area contributed by atoms with Gasteiger partial charge in [-0.05, 0) is 30.5 Å². The molecule has 0 aromatic heterocycles. The molecule has 0 radical (unpaired) electrons. The number of hydrogen-bond acceptors (Lipinski definition) is 4. The summed E-state index contributed by atoms with van der Waals surface area (Å²) in [5.41, 5.74) is 1.86. The van der Waals surface area contributed by atoms with Crippen LogP contribution in [-0.4, -0.2) is 62.2 Å². The maximum Gasteiger partial charge on any atom is 0.221 e. The summed E-state index contributed by atoms with van der Waals surface area (Å²) < 4.78 is 5.56. The fraction of sp³-hybridized carbons (Fsp3) is 0.652. The number of guanidine groups is 1. The SMILES string of the molecule is CCNC(=NCc1cccc(NC(C)=O)c1)NCC(C(CC)CC)N1CCOCC1. The molecule has 1 aliphatic heterocycles. The van der Waals surface area contributed by atoms with Gasteiger partial charge in [0.15, 0.2) is 5.96 Å². The summed E-state index contributed by atoms with van der Waals surface area (Å²) in [4.78, 5) is 18.6. The van der Waals surface area contributed by atoms with Gasteiger partial charge in [0.05, 0.1) is 19.8 Å². The lowest BCUT2D eigenvalue weighted by Crippen LogP contribution is -2.53. The first-order valence-corrected chi connectivity index (χ1v) is 11.3. The van der Waals surface area contributed by atoms with E-state index in [-0.39, 0.29) is 5.91 Å². The fourth-order valence-electron chi connectivity index (χ4n) is 4.00. The molecule has 0 spiro atoms. The highest BCUT2D eigenvalue weighted by Gasteiger charge is 2.27. The first-order valence-electron chi connectivity index (χ1n) is 11.3. The van der Waals surface area contributed by atoms with Crippen LogP contribution in [0.4, 0.5) is 5.69 Å².